The summed E-state index contributed by atoms with van der Waals surface area (Å²) in [6, 6.07) is 13.4. The quantitative estimate of drug-likeness (QED) is 0.551. The van der Waals surface area contributed by atoms with Crippen molar-refractivity contribution in [3.8, 4) is 0 Å². The molecular weight excluding hydrogens is 467 g/mol. The summed E-state index contributed by atoms with van der Waals surface area (Å²) in [6.07, 6.45) is 0. The second kappa shape index (κ2) is 11.0. The number of carbonyl (C=O) groups excluding carboxylic acids is 2. The summed E-state index contributed by atoms with van der Waals surface area (Å²) in [6.45, 7) is 7.84. The number of nitrogens with zero attached hydrogens (tertiary/aromatic N) is 1. The standard InChI is InChI=1S/C23H28BrFN2O2S/c1-16(22(29)26-23(2,3)4)27(13-17-5-9-19(24)10-6-17)21(28)15-30-14-18-7-11-20(25)12-8-18/h5-12,16H,13-15H2,1-4H3,(H,26,29). The van der Waals surface area contributed by atoms with Crippen LogP contribution in [0.5, 0.6) is 0 Å². The molecule has 1 atom stereocenters. The van der Waals surface area contributed by atoms with Crippen molar-refractivity contribution in [1.29, 1.82) is 0 Å². The molecule has 0 aromatic heterocycles. The molecule has 1 N–H and O–H groups in total. The summed E-state index contributed by atoms with van der Waals surface area (Å²) in [5.74, 6) is 0.263. The first-order valence-electron chi connectivity index (χ1n) is 9.73. The van der Waals surface area contributed by atoms with E-state index in [2.05, 4.69) is 21.2 Å². The minimum Gasteiger partial charge on any atom is -0.350 e. The summed E-state index contributed by atoms with van der Waals surface area (Å²) < 4.78 is 14.0. The third-order valence-corrected chi connectivity index (χ3v) is 5.86. The number of thioether (sulfide) groups is 1. The first kappa shape index (κ1) is 24.4. The molecule has 0 saturated carbocycles. The van der Waals surface area contributed by atoms with E-state index in [1.807, 2.05) is 45.0 Å². The number of hydrogen-bond acceptors (Lipinski definition) is 3. The maximum atomic E-state index is 13.0. The fourth-order valence-electron chi connectivity index (χ4n) is 2.76. The number of carbonyl (C=O) groups is 2. The number of benzene rings is 2. The van der Waals surface area contributed by atoms with E-state index < -0.39 is 6.04 Å². The predicted octanol–water partition coefficient (Wildman–Crippen LogP) is 5.15. The summed E-state index contributed by atoms with van der Waals surface area (Å²) >= 11 is 4.87. The van der Waals surface area contributed by atoms with Crippen LogP contribution in [0.25, 0.3) is 0 Å². The van der Waals surface area contributed by atoms with E-state index in [1.54, 1.807) is 24.0 Å². The molecule has 1 unspecified atom stereocenters. The van der Waals surface area contributed by atoms with Crippen LogP contribution in [0, 0.1) is 5.82 Å². The first-order valence-corrected chi connectivity index (χ1v) is 11.7. The van der Waals surface area contributed by atoms with E-state index in [0.717, 1.165) is 15.6 Å². The molecule has 0 bridgehead atoms. The molecule has 0 radical (unpaired) electrons. The van der Waals surface area contributed by atoms with Crippen molar-refractivity contribution >= 4 is 39.5 Å². The van der Waals surface area contributed by atoms with Crippen molar-refractivity contribution in [2.45, 2.75) is 51.6 Å². The molecule has 0 heterocycles. The highest BCUT2D eigenvalue weighted by atomic mass is 79.9. The maximum Gasteiger partial charge on any atom is 0.242 e. The summed E-state index contributed by atoms with van der Waals surface area (Å²) in [5, 5.41) is 2.95. The third-order valence-electron chi connectivity index (χ3n) is 4.34. The minimum atomic E-state index is -0.605. The van der Waals surface area contributed by atoms with Crippen molar-refractivity contribution in [3.05, 3.63) is 69.9 Å². The van der Waals surface area contributed by atoms with Crippen LogP contribution in [0.4, 0.5) is 4.39 Å². The van der Waals surface area contributed by atoms with Crippen LogP contribution in [0.2, 0.25) is 0 Å². The lowest BCUT2D eigenvalue weighted by molar-refractivity contribution is -0.139. The fraction of sp³-hybridized carbons (Fsp3) is 0.391. The van der Waals surface area contributed by atoms with Gasteiger partial charge in [0.05, 0.1) is 5.75 Å². The van der Waals surface area contributed by atoms with Crippen molar-refractivity contribution in [2.75, 3.05) is 5.75 Å². The van der Waals surface area contributed by atoms with Gasteiger partial charge < -0.3 is 10.2 Å². The molecule has 2 rings (SSSR count). The Labute approximate surface area is 190 Å². The summed E-state index contributed by atoms with van der Waals surface area (Å²) in [5.41, 5.74) is 1.52. The Kier molecular flexibility index (Phi) is 8.92. The molecule has 2 aromatic carbocycles. The predicted molar refractivity (Wildman–Crippen MR) is 125 cm³/mol. The average Bonchev–Trinajstić information content (AvgIpc) is 2.67. The van der Waals surface area contributed by atoms with Crippen LogP contribution in [-0.2, 0) is 21.9 Å². The van der Waals surface area contributed by atoms with Crippen molar-refractivity contribution in [3.63, 3.8) is 0 Å². The van der Waals surface area contributed by atoms with Gasteiger partial charge in [0.25, 0.3) is 0 Å². The van der Waals surface area contributed by atoms with Crippen LogP contribution in [0.15, 0.2) is 53.0 Å². The number of hydrogen-bond donors (Lipinski definition) is 1. The van der Waals surface area contributed by atoms with Gasteiger partial charge in [0.2, 0.25) is 11.8 Å². The second-order valence-electron chi connectivity index (χ2n) is 8.18. The van der Waals surface area contributed by atoms with E-state index in [1.165, 1.54) is 23.9 Å². The molecule has 7 heteroatoms. The number of halogens is 2. The molecule has 30 heavy (non-hydrogen) atoms. The highest BCUT2D eigenvalue weighted by Crippen LogP contribution is 2.18. The summed E-state index contributed by atoms with van der Waals surface area (Å²) in [7, 11) is 0. The first-order chi connectivity index (χ1) is 14.0. The van der Waals surface area contributed by atoms with Gasteiger partial charge >= 0.3 is 0 Å². The second-order valence-corrected chi connectivity index (χ2v) is 10.1. The molecule has 0 aliphatic rings. The van der Waals surface area contributed by atoms with E-state index in [4.69, 9.17) is 0 Å². The number of amides is 2. The van der Waals surface area contributed by atoms with Crippen molar-refractivity contribution < 1.29 is 14.0 Å². The molecule has 4 nitrogen and oxygen atoms in total. The molecule has 0 aliphatic heterocycles. The highest BCUT2D eigenvalue weighted by Gasteiger charge is 2.28. The molecule has 162 valence electrons. The van der Waals surface area contributed by atoms with Gasteiger partial charge in [-0.15, -0.1) is 11.8 Å². The van der Waals surface area contributed by atoms with Gasteiger partial charge in [-0.2, -0.15) is 0 Å². The van der Waals surface area contributed by atoms with Crippen LogP contribution < -0.4 is 5.32 Å². The lowest BCUT2D eigenvalue weighted by atomic mass is 10.1. The van der Waals surface area contributed by atoms with Gasteiger partial charge in [-0.25, -0.2) is 4.39 Å². The molecule has 0 aliphatic carbocycles. The molecule has 2 aromatic rings. The van der Waals surface area contributed by atoms with Gasteiger partial charge in [-0.05, 0) is 63.1 Å². The van der Waals surface area contributed by atoms with Gasteiger partial charge in [-0.1, -0.05) is 40.2 Å². The smallest absolute Gasteiger partial charge is 0.242 e. The lowest BCUT2D eigenvalue weighted by Crippen LogP contribution is -2.52. The Morgan fingerprint density at radius 1 is 1.07 bits per heavy atom. The van der Waals surface area contributed by atoms with Gasteiger partial charge in [0, 0.05) is 22.3 Å². The maximum absolute atomic E-state index is 13.0. The van der Waals surface area contributed by atoms with Crippen molar-refractivity contribution in [2.24, 2.45) is 0 Å². The van der Waals surface area contributed by atoms with Gasteiger partial charge in [-0.3, -0.25) is 9.59 Å². The lowest BCUT2D eigenvalue weighted by Gasteiger charge is -2.31. The molecule has 0 saturated heterocycles. The average molecular weight is 495 g/mol. The highest BCUT2D eigenvalue weighted by molar-refractivity contribution is 9.10. The largest absolute Gasteiger partial charge is 0.350 e. The van der Waals surface area contributed by atoms with Crippen molar-refractivity contribution in [1.82, 2.24) is 10.2 Å². The van der Waals surface area contributed by atoms with E-state index >= 15 is 0 Å². The number of rotatable bonds is 8. The SMILES string of the molecule is CC(C(=O)NC(C)(C)C)N(Cc1ccc(Br)cc1)C(=O)CSCc1ccc(F)cc1. The molecule has 0 fully saturated rings. The monoisotopic (exact) mass is 494 g/mol. The van der Waals surface area contributed by atoms with Crippen LogP contribution >= 0.6 is 27.7 Å². The zero-order valence-electron chi connectivity index (χ0n) is 17.7. The zero-order chi connectivity index (χ0) is 22.3. The molecular formula is C23H28BrFN2O2S. The van der Waals surface area contributed by atoms with Crippen LogP contribution in [0.3, 0.4) is 0 Å². The fourth-order valence-corrected chi connectivity index (χ4v) is 3.90. The van der Waals surface area contributed by atoms with E-state index in [9.17, 15) is 14.0 Å². The van der Waals surface area contributed by atoms with Gasteiger partial charge in [0.15, 0.2) is 0 Å². The Balaban J connectivity index is 2.08. The Hall–Kier alpha value is -1.86. The molecule has 0 spiro atoms. The van der Waals surface area contributed by atoms with E-state index in [-0.39, 0.29) is 28.9 Å². The Bertz CT molecular complexity index is 851. The van der Waals surface area contributed by atoms with Crippen LogP contribution in [0.1, 0.15) is 38.8 Å². The van der Waals surface area contributed by atoms with E-state index in [0.29, 0.717) is 12.3 Å². The van der Waals surface area contributed by atoms with Crippen LogP contribution in [-0.4, -0.2) is 34.0 Å². The number of nitrogens with one attached hydrogen (secondary N) is 1. The van der Waals surface area contributed by atoms with Gasteiger partial charge in [0.1, 0.15) is 11.9 Å². The summed E-state index contributed by atoms with van der Waals surface area (Å²) in [4.78, 5) is 27.4. The topological polar surface area (TPSA) is 49.4 Å². The minimum absolute atomic E-state index is 0.110. The normalized spacial score (nSPS) is 12.3. The third kappa shape index (κ3) is 8.11. The Morgan fingerprint density at radius 3 is 2.20 bits per heavy atom. The zero-order valence-corrected chi connectivity index (χ0v) is 20.1. The molecule has 2 amide bonds. The Morgan fingerprint density at radius 2 is 1.63 bits per heavy atom.